The van der Waals surface area contributed by atoms with Crippen LogP contribution in [-0.2, 0) is 20.6 Å². The minimum atomic E-state index is -0.952. The van der Waals surface area contributed by atoms with Crippen molar-refractivity contribution in [1.82, 2.24) is 20.0 Å². The molecule has 8 rings (SSSR count). The molecule has 0 aliphatic rings. The smallest absolute Gasteiger partial charge is 0.306 e. The van der Waals surface area contributed by atoms with Gasteiger partial charge in [0.25, 0.3) is 0 Å². The van der Waals surface area contributed by atoms with Gasteiger partial charge in [-0.3, -0.25) is 4.79 Å². The Kier molecular flexibility index (Phi) is 10.7. The van der Waals surface area contributed by atoms with Crippen LogP contribution in [0, 0.1) is 0 Å². The van der Waals surface area contributed by atoms with Crippen molar-refractivity contribution in [1.29, 1.82) is 0 Å². The SMILES string of the molecule is CCOC(=O)CCSc1cc(NC(c2ccccc2)(c2ccccc2)c2ccccc2)nc2c1nnn2C(c1ccccc1)(c1ccccc1)c1ccccc1. The molecule has 0 unspecified atom stereocenters. The van der Waals surface area contributed by atoms with Crippen molar-refractivity contribution >= 4 is 34.7 Å². The van der Waals surface area contributed by atoms with E-state index < -0.39 is 11.1 Å². The van der Waals surface area contributed by atoms with Gasteiger partial charge in [-0.25, -0.2) is 9.67 Å². The third kappa shape index (κ3) is 6.84. The highest BCUT2D eigenvalue weighted by atomic mass is 32.2. The normalized spacial score (nSPS) is 11.7. The summed E-state index contributed by atoms with van der Waals surface area (Å²) in [5, 5.41) is 13.9. The van der Waals surface area contributed by atoms with Crippen molar-refractivity contribution in [2.24, 2.45) is 0 Å². The fourth-order valence-electron chi connectivity index (χ4n) is 7.63. The molecule has 0 radical (unpaired) electrons. The van der Waals surface area contributed by atoms with E-state index in [4.69, 9.17) is 20.0 Å². The average molecular weight is 752 g/mol. The summed E-state index contributed by atoms with van der Waals surface area (Å²) in [6.45, 7) is 2.16. The number of carbonyl (C=O) groups excluding carboxylic acids is 1. The number of nitrogens with one attached hydrogen (secondary N) is 1. The summed E-state index contributed by atoms with van der Waals surface area (Å²) in [6.07, 6.45) is 0.253. The van der Waals surface area contributed by atoms with Crippen LogP contribution in [0.4, 0.5) is 5.82 Å². The van der Waals surface area contributed by atoms with E-state index in [1.165, 1.54) is 0 Å². The predicted molar refractivity (Wildman–Crippen MR) is 225 cm³/mol. The van der Waals surface area contributed by atoms with E-state index in [-0.39, 0.29) is 12.4 Å². The summed E-state index contributed by atoms with van der Waals surface area (Å²) in [5.74, 6) is 0.881. The highest BCUT2D eigenvalue weighted by Crippen LogP contribution is 2.44. The number of pyridine rings is 1. The third-order valence-electron chi connectivity index (χ3n) is 10.1. The molecule has 56 heavy (non-hydrogen) atoms. The number of anilines is 1. The number of carbonyl (C=O) groups is 1. The lowest BCUT2D eigenvalue weighted by molar-refractivity contribution is -0.142. The van der Waals surface area contributed by atoms with Crippen LogP contribution in [0.2, 0.25) is 0 Å². The van der Waals surface area contributed by atoms with Crippen molar-refractivity contribution in [2.75, 3.05) is 17.7 Å². The van der Waals surface area contributed by atoms with Crippen LogP contribution < -0.4 is 5.32 Å². The fourth-order valence-corrected chi connectivity index (χ4v) is 8.58. The van der Waals surface area contributed by atoms with E-state index in [0.717, 1.165) is 38.3 Å². The van der Waals surface area contributed by atoms with Gasteiger partial charge in [-0.05, 0) is 46.4 Å². The molecular formula is C48H41N5O2S. The number of hydrogen-bond acceptors (Lipinski definition) is 7. The maximum atomic E-state index is 12.5. The molecule has 276 valence electrons. The van der Waals surface area contributed by atoms with Gasteiger partial charge < -0.3 is 10.1 Å². The Morgan fingerprint density at radius 3 is 1.45 bits per heavy atom. The number of rotatable bonds is 14. The summed E-state index contributed by atoms with van der Waals surface area (Å²) >= 11 is 1.55. The first-order chi connectivity index (χ1) is 27.6. The minimum absolute atomic E-state index is 0.236. The van der Waals surface area contributed by atoms with Gasteiger partial charge in [0.1, 0.15) is 22.4 Å². The molecule has 0 spiro atoms. The first-order valence-electron chi connectivity index (χ1n) is 18.8. The van der Waals surface area contributed by atoms with Crippen LogP contribution in [0.5, 0.6) is 0 Å². The fraction of sp³-hybridized carbons (Fsp3) is 0.125. The Morgan fingerprint density at radius 2 is 1.04 bits per heavy atom. The summed E-state index contributed by atoms with van der Waals surface area (Å²) < 4.78 is 7.26. The first-order valence-corrected chi connectivity index (χ1v) is 19.8. The molecule has 2 heterocycles. The van der Waals surface area contributed by atoms with E-state index in [1.54, 1.807) is 11.8 Å². The Hall–Kier alpha value is -6.51. The van der Waals surface area contributed by atoms with Gasteiger partial charge in [-0.1, -0.05) is 187 Å². The van der Waals surface area contributed by atoms with Crippen molar-refractivity contribution in [3.63, 3.8) is 0 Å². The summed E-state index contributed by atoms with van der Waals surface area (Å²) in [5.41, 5.74) is 5.61. The molecule has 0 aliphatic heterocycles. The van der Waals surface area contributed by atoms with E-state index >= 15 is 0 Å². The predicted octanol–water partition coefficient (Wildman–Crippen LogP) is 10.1. The molecule has 8 aromatic rings. The van der Waals surface area contributed by atoms with Crippen LogP contribution in [-0.4, -0.2) is 38.3 Å². The van der Waals surface area contributed by atoms with Crippen LogP contribution in [0.15, 0.2) is 193 Å². The number of fused-ring (bicyclic) bond motifs is 1. The monoisotopic (exact) mass is 751 g/mol. The molecule has 0 amide bonds. The van der Waals surface area contributed by atoms with Gasteiger partial charge in [0.15, 0.2) is 5.65 Å². The molecule has 7 nitrogen and oxygen atoms in total. The maximum absolute atomic E-state index is 12.5. The molecule has 0 fully saturated rings. The van der Waals surface area contributed by atoms with Crippen LogP contribution >= 0.6 is 11.8 Å². The largest absolute Gasteiger partial charge is 0.466 e. The Balaban J connectivity index is 1.41. The summed E-state index contributed by atoms with van der Waals surface area (Å²) in [6, 6.07) is 64.7. The van der Waals surface area contributed by atoms with Gasteiger partial charge in [0.05, 0.1) is 13.0 Å². The number of ether oxygens (including phenoxy) is 1. The van der Waals surface area contributed by atoms with E-state index in [2.05, 4.69) is 151 Å². The molecular weight excluding hydrogens is 711 g/mol. The van der Waals surface area contributed by atoms with Gasteiger partial charge >= 0.3 is 5.97 Å². The second kappa shape index (κ2) is 16.5. The average Bonchev–Trinajstić information content (AvgIpc) is 3.69. The lowest BCUT2D eigenvalue weighted by Crippen LogP contribution is -2.39. The molecule has 0 bridgehead atoms. The Bertz CT molecular complexity index is 2310. The Morgan fingerprint density at radius 1 is 0.625 bits per heavy atom. The van der Waals surface area contributed by atoms with Crippen LogP contribution in [0.25, 0.3) is 11.2 Å². The Labute approximate surface area is 331 Å². The quantitative estimate of drug-likeness (QED) is 0.0673. The number of esters is 1. The van der Waals surface area contributed by atoms with E-state index in [0.29, 0.717) is 29.3 Å². The molecule has 2 aromatic heterocycles. The van der Waals surface area contributed by atoms with Crippen LogP contribution in [0.1, 0.15) is 46.7 Å². The van der Waals surface area contributed by atoms with Crippen LogP contribution in [0.3, 0.4) is 0 Å². The number of hydrogen-bond donors (Lipinski definition) is 1. The van der Waals surface area contributed by atoms with Gasteiger partial charge in [-0.2, -0.15) is 0 Å². The lowest BCUT2D eigenvalue weighted by atomic mass is 9.77. The second-order valence-corrected chi connectivity index (χ2v) is 14.5. The zero-order valence-electron chi connectivity index (χ0n) is 31.0. The molecule has 0 aliphatic carbocycles. The van der Waals surface area contributed by atoms with Crippen molar-refractivity contribution in [3.05, 3.63) is 221 Å². The standard InChI is InChI=1S/C48H41N5O2S/c1-2-55-44(54)33-34-56-42-35-43(50-47(36-21-9-3-10-22-36,37-23-11-4-12-24-37)38-25-13-5-14-26-38)49-46-45(42)51-52-53(46)48(39-27-15-6-16-28-39,40-29-17-7-18-30-40)41-31-19-8-20-32-41/h3-32,35H,2,33-34H2,1H3,(H,49,50). The number of aromatic nitrogens is 4. The topological polar surface area (TPSA) is 81.9 Å². The zero-order valence-corrected chi connectivity index (χ0v) is 31.8. The van der Waals surface area contributed by atoms with E-state index in [9.17, 15) is 4.79 Å². The number of thioether (sulfide) groups is 1. The number of benzene rings is 6. The van der Waals surface area contributed by atoms with Crippen molar-refractivity contribution in [3.8, 4) is 0 Å². The van der Waals surface area contributed by atoms with Gasteiger partial charge in [0.2, 0.25) is 0 Å². The third-order valence-corrected chi connectivity index (χ3v) is 11.1. The summed E-state index contributed by atoms with van der Waals surface area (Å²) in [4.78, 5) is 18.9. The molecule has 0 saturated heterocycles. The molecule has 1 N–H and O–H groups in total. The van der Waals surface area contributed by atoms with Crippen molar-refractivity contribution < 1.29 is 9.53 Å². The van der Waals surface area contributed by atoms with Gasteiger partial charge in [-0.15, -0.1) is 16.9 Å². The van der Waals surface area contributed by atoms with Gasteiger partial charge in [0, 0.05) is 10.6 Å². The highest BCUT2D eigenvalue weighted by Gasteiger charge is 2.42. The minimum Gasteiger partial charge on any atom is -0.466 e. The summed E-state index contributed by atoms with van der Waals surface area (Å²) in [7, 11) is 0. The van der Waals surface area contributed by atoms with E-state index in [1.807, 2.05) is 54.1 Å². The number of nitrogens with zero attached hydrogens (tertiary/aromatic N) is 4. The molecule has 6 aromatic carbocycles. The molecule has 0 atom stereocenters. The second-order valence-electron chi connectivity index (χ2n) is 13.4. The zero-order chi connectivity index (χ0) is 38.2. The highest BCUT2D eigenvalue weighted by molar-refractivity contribution is 7.99. The first kappa shape index (κ1) is 36.5. The molecule has 0 saturated carbocycles. The van der Waals surface area contributed by atoms with Crippen molar-refractivity contribution in [2.45, 2.75) is 29.3 Å². The maximum Gasteiger partial charge on any atom is 0.306 e. The molecule has 8 heteroatoms. The lowest BCUT2D eigenvalue weighted by Gasteiger charge is -2.38.